The van der Waals surface area contributed by atoms with Crippen LogP contribution in [-0.2, 0) is 0 Å². The second kappa shape index (κ2) is 11.7. The second-order valence-electron chi connectivity index (χ2n) is 13.0. The van der Waals surface area contributed by atoms with Gasteiger partial charge >= 0.3 is 0 Å². The average Bonchev–Trinajstić information content (AvgIpc) is 3.15. The molecule has 1 heteroatoms. The minimum absolute atomic E-state index is 0.328. The van der Waals surface area contributed by atoms with E-state index >= 15 is 0 Å². The fourth-order valence-electron chi connectivity index (χ4n) is 7.80. The summed E-state index contributed by atoms with van der Waals surface area (Å²) in [6.07, 6.45) is 7.19. The summed E-state index contributed by atoms with van der Waals surface area (Å²) in [4.78, 5) is 2.48. The number of nitrogens with zero attached hydrogens (tertiary/aromatic N) is 1. The van der Waals surface area contributed by atoms with Crippen LogP contribution in [0.3, 0.4) is 0 Å². The Labute approximate surface area is 281 Å². The van der Waals surface area contributed by atoms with Gasteiger partial charge in [-0.15, -0.1) is 0 Å². The van der Waals surface area contributed by atoms with Crippen molar-refractivity contribution in [3.63, 3.8) is 0 Å². The van der Waals surface area contributed by atoms with Crippen LogP contribution in [0.4, 0.5) is 11.4 Å². The van der Waals surface area contributed by atoms with Gasteiger partial charge in [-0.3, -0.25) is 0 Å². The molecule has 0 amide bonds. The molecule has 0 heterocycles. The van der Waals surface area contributed by atoms with Gasteiger partial charge in [-0.1, -0.05) is 159 Å². The lowest BCUT2D eigenvalue weighted by Crippen LogP contribution is -2.20. The zero-order chi connectivity index (χ0) is 32.0. The molecule has 1 aliphatic rings. The highest BCUT2D eigenvalue weighted by Crippen LogP contribution is 2.44. The van der Waals surface area contributed by atoms with Crippen LogP contribution in [0.25, 0.3) is 54.2 Å². The number of allylic oxidation sites excluding steroid dienone is 3. The van der Waals surface area contributed by atoms with Crippen molar-refractivity contribution in [2.24, 2.45) is 5.92 Å². The highest BCUT2D eigenvalue weighted by atomic mass is 15.1. The standard InChI is InChI=1S/C47H35N/c1-32-28-38(26-27-39(32)33-14-3-2-4-15-33)48(47-31-36-17-6-8-21-41(36)43-23-11-12-25-45(43)47)37-19-13-18-34(29-37)46-30-35-16-5-7-20-40(35)42-22-9-10-24-44(42)46/h2-32,39H,1H3. The molecule has 0 fully saturated rings. The van der Waals surface area contributed by atoms with Gasteiger partial charge in [-0.05, 0) is 90.7 Å². The van der Waals surface area contributed by atoms with Gasteiger partial charge in [-0.2, -0.15) is 0 Å². The smallest absolute Gasteiger partial charge is 0.0546 e. The van der Waals surface area contributed by atoms with Crippen LogP contribution < -0.4 is 4.90 Å². The molecule has 0 aromatic heterocycles. The SMILES string of the molecule is CC1C=C(N(c2cccc(-c3cc4ccccc4c4ccccc34)c2)c2cc3ccccc3c3ccccc23)C=CC1c1ccccc1. The Bertz CT molecular complexity index is 2540. The molecule has 0 aliphatic heterocycles. The van der Waals surface area contributed by atoms with Gasteiger partial charge in [0.2, 0.25) is 0 Å². The molecule has 9 rings (SSSR count). The van der Waals surface area contributed by atoms with Crippen LogP contribution in [0, 0.1) is 5.92 Å². The first-order chi connectivity index (χ1) is 23.7. The van der Waals surface area contributed by atoms with Crippen molar-refractivity contribution < 1.29 is 0 Å². The number of benzene rings is 8. The third-order valence-corrected chi connectivity index (χ3v) is 10.1. The fourth-order valence-corrected chi connectivity index (χ4v) is 7.80. The van der Waals surface area contributed by atoms with Gasteiger partial charge in [-0.25, -0.2) is 0 Å². The molecule has 0 spiro atoms. The van der Waals surface area contributed by atoms with Gasteiger partial charge in [0.1, 0.15) is 0 Å². The van der Waals surface area contributed by atoms with E-state index in [4.69, 9.17) is 0 Å². The molecule has 0 radical (unpaired) electrons. The Morgan fingerprint density at radius 3 is 1.77 bits per heavy atom. The van der Waals surface area contributed by atoms with E-state index < -0.39 is 0 Å². The number of anilines is 2. The maximum absolute atomic E-state index is 2.48. The van der Waals surface area contributed by atoms with Gasteiger partial charge in [0.25, 0.3) is 0 Å². The molecule has 0 bridgehead atoms. The summed E-state index contributed by atoms with van der Waals surface area (Å²) in [5.74, 6) is 0.662. The Morgan fingerprint density at radius 2 is 1.06 bits per heavy atom. The zero-order valence-corrected chi connectivity index (χ0v) is 26.9. The number of rotatable bonds is 5. The van der Waals surface area contributed by atoms with Crippen molar-refractivity contribution in [1.29, 1.82) is 0 Å². The molecule has 228 valence electrons. The van der Waals surface area contributed by atoms with Crippen LogP contribution >= 0.6 is 0 Å². The first-order valence-corrected chi connectivity index (χ1v) is 16.9. The van der Waals surface area contributed by atoms with E-state index in [1.807, 2.05) is 0 Å². The van der Waals surface area contributed by atoms with Crippen molar-refractivity contribution in [2.75, 3.05) is 4.90 Å². The molecule has 2 unspecified atom stereocenters. The van der Waals surface area contributed by atoms with Crippen LogP contribution in [0.15, 0.2) is 188 Å². The summed E-state index contributed by atoms with van der Waals surface area (Å²) in [6, 6.07) is 59.9. The third-order valence-electron chi connectivity index (χ3n) is 10.1. The van der Waals surface area contributed by atoms with Gasteiger partial charge in [0, 0.05) is 22.7 Å². The van der Waals surface area contributed by atoms with E-state index in [9.17, 15) is 0 Å². The van der Waals surface area contributed by atoms with Gasteiger partial charge in [0.15, 0.2) is 0 Å². The Balaban J connectivity index is 1.27. The predicted octanol–water partition coefficient (Wildman–Crippen LogP) is 13.0. The average molecular weight is 614 g/mol. The maximum Gasteiger partial charge on any atom is 0.0546 e. The largest absolute Gasteiger partial charge is 0.310 e. The van der Waals surface area contributed by atoms with E-state index in [2.05, 4.69) is 194 Å². The lowest BCUT2D eigenvalue weighted by molar-refractivity contribution is 0.628. The highest BCUT2D eigenvalue weighted by molar-refractivity contribution is 6.15. The van der Waals surface area contributed by atoms with E-state index in [1.54, 1.807) is 0 Å². The first-order valence-electron chi connectivity index (χ1n) is 16.9. The summed E-state index contributed by atoms with van der Waals surface area (Å²) >= 11 is 0. The Kier molecular flexibility index (Phi) is 6.91. The molecule has 48 heavy (non-hydrogen) atoms. The topological polar surface area (TPSA) is 3.24 Å². The van der Waals surface area contributed by atoms with Crippen molar-refractivity contribution in [2.45, 2.75) is 12.8 Å². The van der Waals surface area contributed by atoms with Crippen LogP contribution in [0.5, 0.6) is 0 Å². The summed E-state index contributed by atoms with van der Waals surface area (Å²) in [6.45, 7) is 2.34. The van der Waals surface area contributed by atoms with E-state index in [1.165, 1.54) is 71.2 Å². The molecular formula is C47H35N. The maximum atomic E-state index is 2.48. The van der Waals surface area contributed by atoms with E-state index in [0.717, 1.165) is 5.69 Å². The van der Waals surface area contributed by atoms with E-state index in [-0.39, 0.29) is 0 Å². The molecule has 0 saturated heterocycles. The zero-order valence-electron chi connectivity index (χ0n) is 26.9. The summed E-state index contributed by atoms with van der Waals surface area (Å²) < 4.78 is 0. The highest BCUT2D eigenvalue weighted by Gasteiger charge is 2.24. The second-order valence-corrected chi connectivity index (χ2v) is 13.0. The van der Waals surface area contributed by atoms with Crippen molar-refractivity contribution in [3.8, 4) is 11.1 Å². The molecule has 0 saturated carbocycles. The summed E-state index contributed by atoms with van der Waals surface area (Å²) in [7, 11) is 0. The minimum Gasteiger partial charge on any atom is -0.310 e. The molecule has 8 aromatic carbocycles. The lowest BCUT2D eigenvalue weighted by Gasteiger charge is -2.33. The van der Waals surface area contributed by atoms with Crippen LogP contribution in [0.1, 0.15) is 18.4 Å². The van der Waals surface area contributed by atoms with Gasteiger partial charge in [0.05, 0.1) is 5.69 Å². The fraction of sp³-hybridized carbons (Fsp3) is 0.0638. The molecular weight excluding hydrogens is 579 g/mol. The first kappa shape index (κ1) is 28.3. The number of fused-ring (bicyclic) bond motifs is 6. The Morgan fingerprint density at radius 1 is 0.479 bits per heavy atom. The number of hydrogen-bond acceptors (Lipinski definition) is 1. The van der Waals surface area contributed by atoms with Crippen LogP contribution in [-0.4, -0.2) is 0 Å². The third kappa shape index (κ3) is 4.79. The molecule has 2 atom stereocenters. The van der Waals surface area contributed by atoms with Gasteiger partial charge < -0.3 is 4.90 Å². The normalized spacial score (nSPS) is 16.1. The van der Waals surface area contributed by atoms with E-state index in [0.29, 0.717) is 11.8 Å². The van der Waals surface area contributed by atoms with Crippen molar-refractivity contribution >= 4 is 54.5 Å². The van der Waals surface area contributed by atoms with Crippen molar-refractivity contribution in [3.05, 3.63) is 193 Å². The molecule has 1 nitrogen and oxygen atoms in total. The molecule has 1 aliphatic carbocycles. The lowest BCUT2D eigenvalue weighted by atomic mass is 9.83. The molecule has 0 N–H and O–H groups in total. The quantitative estimate of drug-likeness (QED) is 0.175. The molecule has 8 aromatic rings. The monoisotopic (exact) mass is 613 g/mol. The minimum atomic E-state index is 0.328. The van der Waals surface area contributed by atoms with Crippen molar-refractivity contribution in [1.82, 2.24) is 0 Å². The summed E-state index contributed by atoms with van der Waals surface area (Å²) in [5, 5.41) is 10.1. The predicted molar refractivity (Wildman–Crippen MR) is 206 cm³/mol. The summed E-state index contributed by atoms with van der Waals surface area (Å²) in [5.41, 5.74) is 7.33. The Hall–Kier alpha value is -5.92. The van der Waals surface area contributed by atoms with Crippen LogP contribution in [0.2, 0.25) is 0 Å². The number of hydrogen-bond donors (Lipinski definition) is 0.